The zero-order chi connectivity index (χ0) is 19.0. The standard InChI is InChI=1S/C20H27N3O3/c1-6-7-12(2)17-8-13(3)18(20(25)26-17)19(24)22-10-16(11-22)23-15(5)9-14(4)21-23/h8-9,12,16H,6-7,10-11H2,1-5H3. The molecule has 6 heteroatoms. The van der Waals surface area contributed by atoms with E-state index in [4.69, 9.17) is 4.42 Å². The molecule has 6 nitrogen and oxygen atoms in total. The third kappa shape index (κ3) is 3.32. The maximum Gasteiger partial charge on any atom is 0.349 e. The molecule has 140 valence electrons. The van der Waals surface area contributed by atoms with Gasteiger partial charge in [-0.15, -0.1) is 0 Å². The molecule has 3 heterocycles. The van der Waals surface area contributed by atoms with Crippen molar-refractivity contribution < 1.29 is 9.21 Å². The Balaban J connectivity index is 1.75. The van der Waals surface area contributed by atoms with Gasteiger partial charge >= 0.3 is 5.63 Å². The highest BCUT2D eigenvalue weighted by atomic mass is 16.4. The largest absolute Gasteiger partial charge is 0.427 e. The van der Waals surface area contributed by atoms with E-state index in [-0.39, 0.29) is 23.4 Å². The Labute approximate surface area is 153 Å². The Morgan fingerprint density at radius 3 is 2.54 bits per heavy atom. The zero-order valence-corrected chi connectivity index (χ0v) is 16.2. The third-order valence-corrected chi connectivity index (χ3v) is 5.13. The van der Waals surface area contributed by atoms with Crippen LogP contribution in [0.15, 0.2) is 21.3 Å². The van der Waals surface area contributed by atoms with E-state index in [9.17, 15) is 9.59 Å². The Bertz CT molecular complexity index is 875. The first-order chi connectivity index (χ1) is 12.3. The summed E-state index contributed by atoms with van der Waals surface area (Å²) in [5.74, 6) is 0.591. The molecule has 1 amide bonds. The van der Waals surface area contributed by atoms with Crippen LogP contribution in [-0.2, 0) is 0 Å². The minimum Gasteiger partial charge on any atom is -0.427 e. The quantitative estimate of drug-likeness (QED) is 0.823. The van der Waals surface area contributed by atoms with Gasteiger partial charge in [-0.25, -0.2) is 4.79 Å². The number of carbonyl (C=O) groups is 1. The van der Waals surface area contributed by atoms with Crippen molar-refractivity contribution in [3.63, 3.8) is 0 Å². The Kier molecular flexibility index (Phi) is 5.03. The summed E-state index contributed by atoms with van der Waals surface area (Å²) in [7, 11) is 0. The molecule has 0 spiro atoms. The predicted molar refractivity (Wildman–Crippen MR) is 99.7 cm³/mol. The van der Waals surface area contributed by atoms with Crippen LogP contribution in [0.1, 0.15) is 71.7 Å². The second-order valence-electron chi connectivity index (χ2n) is 7.42. The van der Waals surface area contributed by atoms with Crippen molar-refractivity contribution in [2.24, 2.45) is 0 Å². The van der Waals surface area contributed by atoms with E-state index in [1.165, 1.54) is 0 Å². The van der Waals surface area contributed by atoms with Gasteiger partial charge in [0, 0.05) is 24.7 Å². The molecule has 1 fully saturated rings. The molecule has 0 aromatic carbocycles. The number of hydrogen-bond acceptors (Lipinski definition) is 4. The van der Waals surface area contributed by atoms with Gasteiger partial charge in [-0.05, 0) is 44.9 Å². The van der Waals surface area contributed by atoms with E-state index in [1.807, 2.05) is 44.5 Å². The summed E-state index contributed by atoms with van der Waals surface area (Å²) < 4.78 is 7.42. The van der Waals surface area contributed by atoms with E-state index in [2.05, 4.69) is 12.0 Å². The second-order valence-corrected chi connectivity index (χ2v) is 7.42. The van der Waals surface area contributed by atoms with Crippen molar-refractivity contribution in [2.75, 3.05) is 13.1 Å². The summed E-state index contributed by atoms with van der Waals surface area (Å²) in [4.78, 5) is 26.9. The van der Waals surface area contributed by atoms with Crippen molar-refractivity contribution in [2.45, 2.75) is 59.4 Å². The summed E-state index contributed by atoms with van der Waals surface area (Å²) in [6, 6.07) is 4.04. The fourth-order valence-corrected chi connectivity index (χ4v) is 3.66. The van der Waals surface area contributed by atoms with Gasteiger partial charge in [0.25, 0.3) is 5.91 Å². The van der Waals surface area contributed by atoms with Crippen LogP contribution in [0, 0.1) is 20.8 Å². The number of aryl methyl sites for hydroxylation is 3. The molecule has 1 aliphatic heterocycles. The first kappa shape index (κ1) is 18.4. The minimum absolute atomic E-state index is 0.157. The van der Waals surface area contributed by atoms with E-state index >= 15 is 0 Å². The van der Waals surface area contributed by atoms with Crippen molar-refractivity contribution in [3.8, 4) is 0 Å². The Morgan fingerprint density at radius 2 is 2.00 bits per heavy atom. The first-order valence-corrected chi connectivity index (χ1v) is 9.28. The molecule has 0 N–H and O–H groups in total. The topological polar surface area (TPSA) is 68.3 Å². The van der Waals surface area contributed by atoms with Gasteiger partial charge in [-0.1, -0.05) is 20.3 Å². The zero-order valence-electron chi connectivity index (χ0n) is 16.2. The lowest BCUT2D eigenvalue weighted by Crippen LogP contribution is -2.52. The van der Waals surface area contributed by atoms with Crippen LogP contribution in [0.5, 0.6) is 0 Å². The van der Waals surface area contributed by atoms with E-state index in [1.54, 1.807) is 4.90 Å². The average molecular weight is 357 g/mol. The molecule has 1 aliphatic rings. The van der Waals surface area contributed by atoms with Gasteiger partial charge in [0.05, 0.1) is 11.7 Å². The number of aromatic nitrogens is 2. The van der Waals surface area contributed by atoms with Gasteiger partial charge < -0.3 is 9.32 Å². The van der Waals surface area contributed by atoms with Crippen LogP contribution < -0.4 is 5.63 Å². The molecular weight excluding hydrogens is 330 g/mol. The molecule has 1 saturated heterocycles. The van der Waals surface area contributed by atoms with Crippen LogP contribution in [0.25, 0.3) is 0 Å². The van der Waals surface area contributed by atoms with Crippen LogP contribution in [0.4, 0.5) is 0 Å². The highest BCUT2D eigenvalue weighted by molar-refractivity contribution is 5.95. The summed E-state index contributed by atoms with van der Waals surface area (Å²) in [6.45, 7) is 11.0. The number of nitrogens with zero attached hydrogens (tertiary/aromatic N) is 3. The molecule has 2 aromatic heterocycles. The lowest BCUT2D eigenvalue weighted by molar-refractivity contribution is 0.0491. The van der Waals surface area contributed by atoms with Crippen molar-refractivity contribution >= 4 is 5.91 Å². The second kappa shape index (κ2) is 7.09. The fraction of sp³-hybridized carbons (Fsp3) is 0.550. The molecule has 1 atom stereocenters. The molecular formula is C20H27N3O3. The number of rotatable bonds is 5. The molecule has 26 heavy (non-hydrogen) atoms. The van der Waals surface area contributed by atoms with Crippen LogP contribution in [0.3, 0.4) is 0 Å². The molecule has 0 bridgehead atoms. The van der Waals surface area contributed by atoms with Crippen molar-refractivity contribution in [1.82, 2.24) is 14.7 Å². The Morgan fingerprint density at radius 1 is 1.31 bits per heavy atom. The number of carbonyl (C=O) groups excluding carboxylic acids is 1. The average Bonchev–Trinajstić information content (AvgIpc) is 2.83. The summed E-state index contributed by atoms with van der Waals surface area (Å²) in [5.41, 5.74) is 2.38. The highest BCUT2D eigenvalue weighted by Crippen LogP contribution is 2.26. The summed E-state index contributed by atoms with van der Waals surface area (Å²) in [6.07, 6.45) is 1.97. The van der Waals surface area contributed by atoms with Crippen LogP contribution >= 0.6 is 0 Å². The van der Waals surface area contributed by atoms with Crippen molar-refractivity contribution in [3.05, 3.63) is 50.8 Å². The summed E-state index contributed by atoms with van der Waals surface area (Å²) >= 11 is 0. The molecule has 3 rings (SSSR count). The highest BCUT2D eigenvalue weighted by Gasteiger charge is 2.35. The van der Waals surface area contributed by atoms with Crippen LogP contribution in [0.2, 0.25) is 0 Å². The van der Waals surface area contributed by atoms with E-state index in [0.29, 0.717) is 24.4 Å². The van der Waals surface area contributed by atoms with Gasteiger partial charge in [0.15, 0.2) is 0 Å². The smallest absolute Gasteiger partial charge is 0.349 e. The number of amides is 1. The minimum atomic E-state index is -0.525. The third-order valence-electron chi connectivity index (χ3n) is 5.13. The van der Waals surface area contributed by atoms with Gasteiger partial charge in [0.2, 0.25) is 0 Å². The predicted octanol–water partition coefficient (Wildman–Crippen LogP) is 3.36. The molecule has 0 aliphatic carbocycles. The van der Waals surface area contributed by atoms with E-state index in [0.717, 1.165) is 24.2 Å². The molecule has 0 radical (unpaired) electrons. The molecule has 1 unspecified atom stereocenters. The first-order valence-electron chi connectivity index (χ1n) is 9.28. The van der Waals surface area contributed by atoms with Gasteiger partial charge in [0.1, 0.15) is 11.3 Å². The van der Waals surface area contributed by atoms with Crippen LogP contribution in [-0.4, -0.2) is 33.7 Å². The monoisotopic (exact) mass is 357 g/mol. The van der Waals surface area contributed by atoms with Gasteiger partial charge in [-0.3, -0.25) is 9.48 Å². The number of likely N-dealkylation sites (tertiary alicyclic amines) is 1. The normalized spacial score (nSPS) is 15.8. The molecule has 0 saturated carbocycles. The maximum absolute atomic E-state index is 12.8. The van der Waals surface area contributed by atoms with Gasteiger partial charge in [-0.2, -0.15) is 5.10 Å². The SMILES string of the molecule is CCCC(C)c1cc(C)c(C(=O)N2CC(n3nc(C)cc3C)C2)c(=O)o1. The van der Waals surface area contributed by atoms with Crippen molar-refractivity contribution in [1.29, 1.82) is 0 Å². The molecule has 2 aromatic rings. The lowest BCUT2D eigenvalue weighted by Gasteiger charge is -2.39. The fourth-order valence-electron chi connectivity index (χ4n) is 3.66. The maximum atomic E-state index is 12.8. The van der Waals surface area contributed by atoms with E-state index < -0.39 is 5.63 Å². The lowest BCUT2D eigenvalue weighted by atomic mass is 9.99. The number of hydrogen-bond donors (Lipinski definition) is 0. The summed E-state index contributed by atoms with van der Waals surface area (Å²) in [5, 5.41) is 4.48. The Hall–Kier alpha value is -2.37.